The lowest BCUT2D eigenvalue weighted by Crippen LogP contribution is -2.42. The van der Waals surface area contributed by atoms with Gasteiger partial charge in [0.05, 0.1) is 18.7 Å². The molecular weight excluding hydrogens is 306 g/mol. The number of aromatic nitrogens is 4. The maximum absolute atomic E-state index is 11.5. The number of carbonyl (C=O) groups excluding carboxylic acids is 1. The molecule has 3 heterocycles. The van der Waals surface area contributed by atoms with Gasteiger partial charge in [-0.05, 0) is 24.7 Å². The molecule has 0 N–H and O–H groups in total. The molecule has 1 aliphatic rings. The molecule has 3 rings (SSSR count). The van der Waals surface area contributed by atoms with E-state index in [-0.39, 0.29) is 12.5 Å². The van der Waals surface area contributed by atoms with Crippen LogP contribution in [-0.2, 0) is 16.1 Å². The summed E-state index contributed by atoms with van der Waals surface area (Å²) in [5, 5.41) is 5.19. The number of carbonyl (C=O) groups is 1. The fourth-order valence-corrected chi connectivity index (χ4v) is 3.74. The Kier molecular flexibility index (Phi) is 4.69. The van der Waals surface area contributed by atoms with Gasteiger partial charge in [0.15, 0.2) is 5.65 Å². The van der Waals surface area contributed by atoms with E-state index in [0.717, 1.165) is 30.7 Å². The summed E-state index contributed by atoms with van der Waals surface area (Å²) < 4.78 is 6.29. The van der Waals surface area contributed by atoms with Crippen LogP contribution in [0.5, 0.6) is 0 Å². The molecule has 2 aromatic heterocycles. The molecule has 1 atom stereocenters. The number of hydrogen-bond acceptors (Lipinski definition) is 6. The van der Waals surface area contributed by atoms with Crippen LogP contribution in [0.3, 0.4) is 0 Å². The standard InChI is InChI=1S/C17H25N5O2/c1-4-6-17(2)7-5-8-21(11-17)15-13-9-20-22(10-14(23)24-3)16(13)19-12-18-15/h9,12H,4-8,10-11H2,1-3H3. The summed E-state index contributed by atoms with van der Waals surface area (Å²) in [6.45, 7) is 6.65. The summed E-state index contributed by atoms with van der Waals surface area (Å²) in [5.41, 5.74) is 1.000. The van der Waals surface area contributed by atoms with Crippen LogP contribution in [0.15, 0.2) is 12.5 Å². The predicted molar refractivity (Wildman–Crippen MR) is 91.8 cm³/mol. The average Bonchev–Trinajstić information content (AvgIpc) is 2.97. The molecule has 1 saturated heterocycles. The van der Waals surface area contributed by atoms with Crippen molar-refractivity contribution >= 4 is 22.8 Å². The second kappa shape index (κ2) is 6.75. The van der Waals surface area contributed by atoms with E-state index >= 15 is 0 Å². The number of esters is 1. The smallest absolute Gasteiger partial charge is 0.327 e. The third-order valence-corrected chi connectivity index (χ3v) is 4.85. The van der Waals surface area contributed by atoms with Crippen molar-refractivity contribution in [3.8, 4) is 0 Å². The van der Waals surface area contributed by atoms with Crippen LogP contribution in [0.1, 0.15) is 39.5 Å². The highest BCUT2D eigenvalue weighted by molar-refractivity contribution is 5.87. The molecule has 1 aliphatic heterocycles. The van der Waals surface area contributed by atoms with Crippen LogP contribution < -0.4 is 4.90 Å². The molecule has 0 spiro atoms. The van der Waals surface area contributed by atoms with Gasteiger partial charge in [-0.3, -0.25) is 4.79 Å². The Morgan fingerprint density at radius 1 is 1.42 bits per heavy atom. The van der Waals surface area contributed by atoms with Gasteiger partial charge in [-0.25, -0.2) is 14.6 Å². The molecule has 7 nitrogen and oxygen atoms in total. The molecule has 24 heavy (non-hydrogen) atoms. The topological polar surface area (TPSA) is 73.1 Å². The predicted octanol–water partition coefficient (Wildman–Crippen LogP) is 2.41. The van der Waals surface area contributed by atoms with Crippen molar-refractivity contribution in [1.29, 1.82) is 0 Å². The van der Waals surface area contributed by atoms with E-state index in [1.165, 1.54) is 26.4 Å². The van der Waals surface area contributed by atoms with Gasteiger partial charge >= 0.3 is 5.97 Å². The van der Waals surface area contributed by atoms with Crippen molar-refractivity contribution in [1.82, 2.24) is 19.7 Å². The molecule has 0 amide bonds. The minimum atomic E-state index is -0.339. The van der Waals surface area contributed by atoms with Crippen molar-refractivity contribution in [2.45, 2.75) is 46.1 Å². The fourth-order valence-electron chi connectivity index (χ4n) is 3.74. The number of hydrogen-bond donors (Lipinski definition) is 0. The number of anilines is 1. The Balaban J connectivity index is 1.91. The van der Waals surface area contributed by atoms with Crippen LogP contribution in [0.4, 0.5) is 5.82 Å². The Morgan fingerprint density at radius 3 is 3.00 bits per heavy atom. The van der Waals surface area contributed by atoms with Crippen molar-refractivity contribution in [2.24, 2.45) is 5.41 Å². The first-order valence-corrected chi connectivity index (χ1v) is 8.54. The van der Waals surface area contributed by atoms with Crippen molar-refractivity contribution in [2.75, 3.05) is 25.1 Å². The summed E-state index contributed by atoms with van der Waals surface area (Å²) in [6.07, 6.45) is 8.14. The first kappa shape index (κ1) is 16.7. The number of fused-ring (bicyclic) bond motifs is 1. The second-order valence-electron chi connectivity index (χ2n) is 6.90. The highest BCUT2D eigenvalue weighted by Crippen LogP contribution is 2.36. The highest BCUT2D eigenvalue weighted by Gasteiger charge is 2.31. The van der Waals surface area contributed by atoms with Gasteiger partial charge in [-0.2, -0.15) is 5.10 Å². The van der Waals surface area contributed by atoms with E-state index < -0.39 is 0 Å². The van der Waals surface area contributed by atoms with Gasteiger partial charge in [0.25, 0.3) is 0 Å². The fraction of sp³-hybridized carbons (Fsp3) is 0.647. The van der Waals surface area contributed by atoms with Crippen molar-refractivity contribution in [3.63, 3.8) is 0 Å². The van der Waals surface area contributed by atoms with Gasteiger partial charge in [0.1, 0.15) is 18.7 Å². The lowest BCUT2D eigenvalue weighted by atomic mass is 9.78. The van der Waals surface area contributed by atoms with E-state index in [4.69, 9.17) is 4.74 Å². The second-order valence-corrected chi connectivity index (χ2v) is 6.90. The minimum absolute atomic E-state index is 0.0595. The largest absolute Gasteiger partial charge is 0.468 e. The zero-order valence-corrected chi connectivity index (χ0v) is 14.7. The Bertz CT molecular complexity index is 725. The van der Waals surface area contributed by atoms with E-state index in [0.29, 0.717) is 11.1 Å². The van der Waals surface area contributed by atoms with Crippen LogP contribution in [-0.4, -0.2) is 45.9 Å². The Morgan fingerprint density at radius 2 is 2.25 bits per heavy atom. The van der Waals surface area contributed by atoms with Gasteiger partial charge in [-0.1, -0.05) is 20.3 Å². The summed E-state index contributed by atoms with van der Waals surface area (Å²) in [7, 11) is 1.37. The normalized spacial score (nSPS) is 21.2. The van der Waals surface area contributed by atoms with E-state index in [2.05, 4.69) is 33.8 Å². The van der Waals surface area contributed by atoms with E-state index in [9.17, 15) is 4.79 Å². The summed E-state index contributed by atoms with van der Waals surface area (Å²) in [6, 6.07) is 0. The Labute approximate surface area is 142 Å². The average molecular weight is 331 g/mol. The molecule has 0 bridgehead atoms. The first-order valence-electron chi connectivity index (χ1n) is 8.54. The molecule has 130 valence electrons. The Hall–Kier alpha value is -2.18. The van der Waals surface area contributed by atoms with Gasteiger partial charge < -0.3 is 9.64 Å². The zero-order chi connectivity index (χ0) is 17.2. The molecule has 0 aliphatic carbocycles. The number of rotatable bonds is 5. The maximum Gasteiger partial charge on any atom is 0.327 e. The highest BCUT2D eigenvalue weighted by atomic mass is 16.5. The quantitative estimate of drug-likeness (QED) is 0.783. The lowest BCUT2D eigenvalue weighted by molar-refractivity contribution is -0.141. The SMILES string of the molecule is CCCC1(C)CCCN(c2ncnc3c2cnn3CC(=O)OC)C1. The summed E-state index contributed by atoms with van der Waals surface area (Å²) in [5.74, 6) is 0.576. The van der Waals surface area contributed by atoms with Crippen LogP contribution >= 0.6 is 0 Å². The van der Waals surface area contributed by atoms with Crippen LogP contribution in [0.25, 0.3) is 11.0 Å². The molecule has 0 radical (unpaired) electrons. The van der Waals surface area contributed by atoms with Gasteiger partial charge in [0, 0.05) is 13.1 Å². The lowest BCUT2D eigenvalue weighted by Gasteiger charge is -2.41. The molecule has 7 heteroatoms. The number of ether oxygens (including phenoxy) is 1. The van der Waals surface area contributed by atoms with Crippen LogP contribution in [0.2, 0.25) is 0 Å². The molecule has 2 aromatic rings. The molecule has 0 aromatic carbocycles. The van der Waals surface area contributed by atoms with E-state index in [1.54, 1.807) is 17.2 Å². The third kappa shape index (κ3) is 3.20. The molecular formula is C17H25N5O2. The third-order valence-electron chi connectivity index (χ3n) is 4.85. The number of piperidine rings is 1. The molecule has 1 fully saturated rings. The van der Waals surface area contributed by atoms with Crippen molar-refractivity contribution < 1.29 is 9.53 Å². The first-order chi connectivity index (χ1) is 11.6. The maximum atomic E-state index is 11.5. The van der Waals surface area contributed by atoms with Gasteiger partial charge in [0.2, 0.25) is 0 Å². The van der Waals surface area contributed by atoms with E-state index in [1.807, 2.05) is 0 Å². The molecule has 0 saturated carbocycles. The van der Waals surface area contributed by atoms with Crippen molar-refractivity contribution in [3.05, 3.63) is 12.5 Å². The van der Waals surface area contributed by atoms with Crippen LogP contribution in [0, 0.1) is 5.41 Å². The monoisotopic (exact) mass is 331 g/mol. The summed E-state index contributed by atoms with van der Waals surface area (Å²) >= 11 is 0. The molecule has 1 unspecified atom stereocenters. The summed E-state index contributed by atoms with van der Waals surface area (Å²) in [4.78, 5) is 22.7. The number of methoxy groups -OCH3 is 1. The minimum Gasteiger partial charge on any atom is -0.468 e. The zero-order valence-electron chi connectivity index (χ0n) is 14.7. The number of nitrogens with zero attached hydrogens (tertiary/aromatic N) is 5. The van der Waals surface area contributed by atoms with Gasteiger partial charge in [-0.15, -0.1) is 0 Å².